The normalized spacial score (nSPS) is 12.1. The minimum absolute atomic E-state index is 0.173. The number of benzene rings is 1. The van der Waals surface area contributed by atoms with Crippen LogP contribution in [0.1, 0.15) is 0 Å². The molecule has 2 aromatic rings. The highest BCUT2D eigenvalue weighted by Gasteiger charge is 2.12. The topological polar surface area (TPSA) is 59.2 Å². The summed E-state index contributed by atoms with van der Waals surface area (Å²) in [5, 5.41) is 0.850. The molecule has 1 heterocycles. The summed E-state index contributed by atoms with van der Waals surface area (Å²) >= 11 is 0. The van der Waals surface area contributed by atoms with Crippen molar-refractivity contribution in [2.24, 2.45) is 0 Å². The van der Waals surface area contributed by atoms with Gasteiger partial charge >= 0.3 is 0 Å². The molecule has 0 radical (unpaired) electrons. The summed E-state index contributed by atoms with van der Waals surface area (Å²) in [5.74, 6) is 0. The first kappa shape index (κ1) is 9.23. The lowest BCUT2D eigenvalue weighted by Crippen LogP contribution is -2.02. The Labute approximate surface area is 81.6 Å². The van der Waals surface area contributed by atoms with Crippen LogP contribution >= 0.6 is 0 Å². The quantitative estimate of drug-likeness (QED) is 0.766. The van der Waals surface area contributed by atoms with Crippen LogP contribution < -0.4 is 0 Å². The van der Waals surface area contributed by atoms with Crippen LogP contribution in [0.25, 0.3) is 10.9 Å². The minimum atomic E-state index is -3.58. The molecule has 0 saturated heterocycles. The summed E-state index contributed by atoms with van der Waals surface area (Å²) in [6, 6.07) is 6.60. The molecule has 0 atom stereocenters. The Morgan fingerprint density at radius 2 is 2.07 bits per heavy atom. The lowest BCUT2D eigenvalue weighted by Gasteiger charge is -2.00. The highest BCUT2D eigenvalue weighted by molar-refractivity contribution is 7.86. The Morgan fingerprint density at radius 3 is 2.79 bits per heavy atom. The Bertz CT molecular complexity index is 556. The van der Waals surface area contributed by atoms with Crippen molar-refractivity contribution in [2.45, 2.75) is 4.90 Å². The fraction of sp³-hybridized carbons (Fsp3) is 0.111. The summed E-state index contributed by atoms with van der Waals surface area (Å²) in [5.41, 5.74) is 0.903. The van der Waals surface area contributed by atoms with Gasteiger partial charge < -0.3 is 4.98 Å². The number of aromatic amines is 1. The second kappa shape index (κ2) is 3.11. The average Bonchev–Trinajstić information content (AvgIpc) is 2.64. The van der Waals surface area contributed by atoms with Gasteiger partial charge in [-0.2, -0.15) is 8.42 Å². The molecule has 0 bridgehead atoms. The van der Waals surface area contributed by atoms with Gasteiger partial charge in [0.05, 0.1) is 12.0 Å². The first-order valence-electron chi connectivity index (χ1n) is 4.01. The van der Waals surface area contributed by atoms with Crippen molar-refractivity contribution in [3.8, 4) is 0 Å². The number of fused-ring (bicyclic) bond motifs is 1. The minimum Gasteiger partial charge on any atom is -0.361 e. The molecule has 5 heteroatoms. The monoisotopic (exact) mass is 211 g/mol. The summed E-state index contributed by atoms with van der Waals surface area (Å²) in [7, 11) is -2.43. The van der Waals surface area contributed by atoms with Gasteiger partial charge in [0, 0.05) is 17.1 Å². The van der Waals surface area contributed by atoms with E-state index in [0.717, 1.165) is 18.0 Å². The van der Waals surface area contributed by atoms with Crippen molar-refractivity contribution in [3.05, 3.63) is 30.5 Å². The summed E-state index contributed by atoms with van der Waals surface area (Å²) in [4.78, 5) is 3.15. The molecule has 0 unspecified atom stereocenters. The second-order valence-corrected chi connectivity index (χ2v) is 4.56. The largest absolute Gasteiger partial charge is 0.361 e. The van der Waals surface area contributed by atoms with Crippen LogP contribution in [0.2, 0.25) is 0 Å². The summed E-state index contributed by atoms with van der Waals surface area (Å²) in [6.45, 7) is 0. The van der Waals surface area contributed by atoms with E-state index in [9.17, 15) is 8.42 Å². The molecule has 4 nitrogen and oxygen atoms in total. The molecule has 74 valence electrons. The van der Waals surface area contributed by atoms with E-state index in [1.54, 1.807) is 18.3 Å². The Hall–Kier alpha value is -1.33. The molecular weight excluding hydrogens is 202 g/mol. The van der Waals surface area contributed by atoms with Gasteiger partial charge in [-0.25, -0.2) is 0 Å². The van der Waals surface area contributed by atoms with E-state index in [-0.39, 0.29) is 4.90 Å². The second-order valence-electron chi connectivity index (χ2n) is 2.85. The van der Waals surface area contributed by atoms with Crippen molar-refractivity contribution < 1.29 is 12.6 Å². The molecule has 0 saturated carbocycles. The van der Waals surface area contributed by atoms with E-state index in [2.05, 4.69) is 9.17 Å². The third kappa shape index (κ3) is 1.40. The van der Waals surface area contributed by atoms with Crippen LogP contribution in [-0.4, -0.2) is 20.5 Å². The lowest BCUT2D eigenvalue weighted by molar-refractivity contribution is 0.398. The van der Waals surface area contributed by atoms with Crippen molar-refractivity contribution >= 4 is 21.0 Å². The smallest absolute Gasteiger partial charge is 0.296 e. The van der Waals surface area contributed by atoms with Crippen LogP contribution in [0.4, 0.5) is 0 Å². The van der Waals surface area contributed by atoms with Gasteiger partial charge in [0.1, 0.15) is 0 Å². The third-order valence-electron chi connectivity index (χ3n) is 2.03. The molecule has 1 aromatic carbocycles. The highest BCUT2D eigenvalue weighted by Crippen LogP contribution is 2.18. The van der Waals surface area contributed by atoms with E-state index < -0.39 is 10.1 Å². The number of hydrogen-bond acceptors (Lipinski definition) is 3. The van der Waals surface area contributed by atoms with Crippen LogP contribution in [-0.2, 0) is 14.3 Å². The predicted octanol–water partition coefficient (Wildman–Crippen LogP) is 1.50. The third-order valence-corrected chi connectivity index (χ3v) is 3.30. The zero-order chi connectivity index (χ0) is 10.2. The van der Waals surface area contributed by atoms with Gasteiger partial charge in [0.15, 0.2) is 0 Å². The first-order chi connectivity index (χ1) is 6.63. The van der Waals surface area contributed by atoms with Crippen molar-refractivity contribution in [2.75, 3.05) is 7.11 Å². The zero-order valence-electron chi connectivity index (χ0n) is 7.52. The van der Waals surface area contributed by atoms with Crippen molar-refractivity contribution in [1.82, 2.24) is 4.98 Å². The molecular formula is C9H9NO3S. The molecule has 14 heavy (non-hydrogen) atoms. The molecule has 2 rings (SSSR count). The number of nitrogens with one attached hydrogen (secondary N) is 1. The molecule has 0 fully saturated rings. The van der Waals surface area contributed by atoms with Gasteiger partial charge in [-0.3, -0.25) is 4.18 Å². The Balaban J connectivity index is 2.65. The first-order valence-corrected chi connectivity index (χ1v) is 5.42. The number of H-pyrrole nitrogens is 1. The predicted molar refractivity (Wildman–Crippen MR) is 52.5 cm³/mol. The van der Waals surface area contributed by atoms with Crippen molar-refractivity contribution in [3.63, 3.8) is 0 Å². The van der Waals surface area contributed by atoms with Gasteiger partial charge in [-0.05, 0) is 24.3 Å². The number of hydrogen-bond donors (Lipinski definition) is 1. The summed E-state index contributed by atoms with van der Waals surface area (Å²) in [6.07, 6.45) is 1.76. The van der Waals surface area contributed by atoms with Crippen LogP contribution in [0.3, 0.4) is 0 Å². The molecule has 1 N–H and O–H groups in total. The SMILES string of the molecule is COS(=O)(=O)c1ccc2[nH]ccc2c1. The molecule has 0 aliphatic carbocycles. The molecule has 0 amide bonds. The van der Waals surface area contributed by atoms with Gasteiger partial charge in [0.2, 0.25) is 0 Å². The standard InChI is InChI=1S/C9H9NO3S/c1-13-14(11,12)8-2-3-9-7(6-8)4-5-10-9/h2-6,10H,1H3. The van der Waals surface area contributed by atoms with Crippen LogP contribution in [0, 0.1) is 0 Å². The van der Waals surface area contributed by atoms with Gasteiger partial charge in [-0.15, -0.1) is 0 Å². The highest BCUT2D eigenvalue weighted by atomic mass is 32.2. The zero-order valence-corrected chi connectivity index (χ0v) is 8.34. The van der Waals surface area contributed by atoms with Crippen LogP contribution in [0.15, 0.2) is 35.4 Å². The average molecular weight is 211 g/mol. The van der Waals surface area contributed by atoms with Crippen molar-refractivity contribution in [1.29, 1.82) is 0 Å². The Morgan fingerprint density at radius 1 is 1.29 bits per heavy atom. The maximum Gasteiger partial charge on any atom is 0.296 e. The lowest BCUT2D eigenvalue weighted by atomic mass is 10.2. The van der Waals surface area contributed by atoms with E-state index in [0.29, 0.717) is 0 Å². The van der Waals surface area contributed by atoms with E-state index in [1.165, 1.54) is 6.07 Å². The molecule has 1 aromatic heterocycles. The maximum absolute atomic E-state index is 11.3. The Kier molecular flexibility index (Phi) is 2.05. The molecule has 0 aliphatic heterocycles. The van der Waals surface area contributed by atoms with E-state index in [4.69, 9.17) is 0 Å². The molecule has 0 spiro atoms. The van der Waals surface area contributed by atoms with Crippen LogP contribution in [0.5, 0.6) is 0 Å². The molecule has 0 aliphatic rings. The maximum atomic E-state index is 11.3. The fourth-order valence-electron chi connectivity index (χ4n) is 1.28. The van der Waals surface area contributed by atoms with E-state index in [1.807, 2.05) is 6.07 Å². The summed E-state index contributed by atoms with van der Waals surface area (Å²) < 4.78 is 27.1. The van der Waals surface area contributed by atoms with Gasteiger partial charge in [0.25, 0.3) is 10.1 Å². The number of aromatic nitrogens is 1. The van der Waals surface area contributed by atoms with Gasteiger partial charge in [-0.1, -0.05) is 0 Å². The fourth-order valence-corrected chi connectivity index (χ4v) is 1.98. The van der Waals surface area contributed by atoms with E-state index >= 15 is 0 Å². The number of rotatable bonds is 2.